The fraction of sp³-hybridized carbons (Fsp3) is 0.231. The van der Waals surface area contributed by atoms with Gasteiger partial charge in [0, 0.05) is 6.54 Å². The lowest BCUT2D eigenvalue weighted by Gasteiger charge is -2.11. The van der Waals surface area contributed by atoms with Crippen molar-refractivity contribution in [1.29, 1.82) is 0 Å². The zero-order valence-electron chi connectivity index (χ0n) is 11.0. The number of rotatable bonds is 4. The Balaban J connectivity index is 1.68. The van der Waals surface area contributed by atoms with Crippen molar-refractivity contribution < 1.29 is 13.9 Å². The Bertz CT molecular complexity index is 754. The van der Waals surface area contributed by atoms with Crippen LogP contribution in [0.1, 0.15) is 17.4 Å². The zero-order valence-corrected chi connectivity index (χ0v) is 11.9. The SMILES string of the molecule is Cc1cn2nc(NC[C@H](O)c3ccc(F)c(F)c3)sc2n1. The van der Waals surface area contributed by atoms with E-state index in [9.17, 15) is 13.9 Å². The van der Waals surface area contributed by atoms with Crippen molar-refractivity contribution in [1.82, 2.24) is 14.6 Å². The maximum Gasteiger partial charge on any atom is 0.214 e. The van der Waals surface area contributed by atoms with Gasteiger partial charge in [-0.15, -0.1) is 5.10 Å². The number of aromatic nitrogens is 3. The van der Waals surface area contributed by atoms with Gasteiger partial charge in [-0.25, -0.2) is 18.3 Å². The van der Waals surface area contributed by atoms with Gasteiger partial charge in [-0.05, 0) is 24.6 Å². The molecule has 0 saturated heterocycles. The van der Waals surface area contributed by atoms with Crippen LogP contribution in [0.2, 0.25) is 0 Å². The Labute approximate surface area is 122 Å². The number of hydrogen-bond acceptors (Lipinski definition) is 5. The fourth-order valence-corrected chi connectivity index (χ4v) is 2.74. The van der Waals surface area contributed by atoms with Gasteiger partial charge in [-0.2, -0.15) is 0 Å². The molecule has 2 N–H and O–H groups in total. The summed E-state index contributed by atoms with van der Waals surface area (Å²) in [6, 6.07) is 3.33. The second-order valence-corrected chi connectivity index (χ2v) is 5.54. The number of imidazole rings is 1. The summed E-state index contributed by atoms with van der Waals surface area (Å²) in [7, 11) is 0. The minimum absolute atomic E-state index is 0.140. The van der Waals surface area contributed by atoms with Crippen molar-refractivity contribution in [2.24, 2.45) is 0 Å². The van der Waals surface area contributed by atoms with Crippen molar-refractivity contribution in [3.63, 3.8) is 0 Å². The summed E-state index contributed by atoms with van der Waals surface area (Å²) in [4.78, 5) is 5.01. The van der Waals surface area contributed by atoms with Crippen LogP contribution in [0, 0.1) is 18.6 Å². The van der Waals surface area contributed by atoms with Crippen LogP contribution >= 0.6 is 11.3 Å². The molecule has 0 fully saturated rings. The molecule has 2 aromatic heterocycles. The number of aliphatic hydroxyl groups is 1. The summed E-state index contributed by atoms with van der Waals surface area (Å²) in [5.74, 6) is -1.91. The number of fused-ring (bicyclic) bond motifs is 1. The van der Waals surface area contributed by atoms with Crippen LogP contribution in [0.3, 0.4) is 0 Å². The zero-order chi connectivity index (χ0) is 15.0. The molecule has 5 nitrogen and oxygen atoms in total. The minimum Gasteiger partial charge on any atom is -0.387 e. The second-order valence-electron chi connectivity index (χ2n) is 4.59. The second kappa shape index (κ2) is 5.38. The summed E-state index contributed by atoms with van der Waals surface area (Å²) in [6.45, 7) is 2.02. The van der Waals surface area contributed by atoms with Crippen LogP contribution in [0.4, 0.5) is 13.9 Å². The number of anilines is 1. The highest BCUT2D eigenvalue weighted by molar-refractivity contribution is 7.20. The van der Waals surface area contributed by atoms with Gasteiger partial charge < -0.3 is 10.4 Å². The molecule has 0 unspecified atom stereocenters. The van der Waals surface area contributed by atoms with Crippen LogP contribution < -0.4 is 5.32 Å². The first kappa shape index (κ1) is 13.9. The third-order valence-corrected chi connectivity index (χ3v) is 3.82. The maximum absolute atomic E-state index is 13.1. The van der Waals surface area contributed by atoms with E-state index in [4.69, 9.17) is 0 Å². The average molecular weight is 310 g/mol. The predicted molar refractivity (Wildman–Crippen MR) is 75.4 cm³/mol. The van der Waals surface area contributed by atoms with Gasteiger partial charge in [-0.1, -0.05) is 17.4 Å². The molecule has 0 aliphatic carbocycles. The van der Waals surface area contributed by atoms with Crippen molar-refractivity contribution in [2.45, 2.75) is 13.0 Å². The maximum atomic E-state index is 13.1. The number of halogens is 2. The van der Waals surface area contributed by atoms with Crippen LogP contribution in [0.5, 0.6) is 0 Å². The standard InChI is InChI=1S/C13H12F2N4OS/c1-7-6-19-13(17-7)21-12(18-19)16-5-11(20)8-2-3-9(14)10(15)4-8/h2-4,6,11,20H,5H2,1H3,(H,16,18)/t11-/m0/s1. The van der Waals surface area contributed by atoms with Crippen molar-refractivity contribution in [3.8, 4) is 0 Å². The molecule has 0 radical (unpaired) electrons. The first-order valence-corrected chi connectivity index (χ1v) is 7.04. The number of aryl methyl sites for hydroxylation is 1. The Morgan fingerprint density at radius 1 is 1.38 bits per heavy atom. The van der Waals surface area contributed by atoms with Crippen molar-refractivity contribution >= 4 is 21.4 Å². The van der Waals surface area contributed by atoms with E-state index in [1.807, 2.05) is 6.92 Å². The molecule has 2 heterocycles. The van der Waals surface area contributed by atoms with E-state index < -0.39 is 17.7 Å². The lowest BCUT2D eigenvalue weighted by Crippen LogP contribution is -2.12. The first-order chi connectivity index (χ1) is 10.0. The predicted octanol–water partition coefficient (Wildman–Crippen LogP) is 2.52. The van der Waals surface area contributed by atoms with Gasteiger partial charge in [0.1, 0.15) is 0 Å². The fourth-order valence-electron chi connectivity index (χ4n) is 1.90. The van der Waals surface area contributed by atoms with Crippen molar-refractivity contribution in [3.05, 3.63) is 47.3 Å². The number of nitrogens with zero attached hydrogens (tertiary/aromatic N) is 3. The lowest BCUT2D eigenvalue weighted by molar-refractivity contribution is 0.191. The third-order valence-electron chi connectivity index (χ3n) is 2.94. The lowest BCUT2D eigenvalue weighted by atomic mass is 10.1. The average Bonchev–Trinajstić information content (AvgIpc) is 2.96. The Hall–Kier alpha value is -2.06. The smallest absolute Gasteiger partial charge is 0.214 e. The van der Waals surface area contributed by atoms with E-state index in [1.165, 1.54) is 17.4 Å². The molecular weight excluding hydrogens is 298 g/mol. The van der Waals surface area contributed by atoms with Gasteiger partial charge in [0.2, 0.25) is 10.1 Å². The molecule has 0 bridgehead atoms. The molecule has 8 heteroatoms. The van der Waals surface area contributed by atoms with Gasteiger partial charge >= 0.3 is 0 Å². The van der Waals surface area contributed by atoms with E-state index in [1.54, 1.807) is 10.7 Å². The molecule has 0 amide bonds. The molecule has 3 aromatic rings. The number of aliphatic hydroxyl groups excluding tert-OH is 1. The third kappa shape index (κ3) is 2.86. The molecule has 21 heavy (non-hydrogen) atoms. The van der Waals surface area contributed by atoms with Crippen LogP contribution in [0.25, 0.3) is 4.96 Å². The van der Waals surface area contributed by atoms with E-state index in [0.29, 0.717) is 10.7 Å². The van der Waals surface area contributed by atoms with E-state index >= 15 is 0 Å². The number of benzene rings is 1. The van der Waals surface area contributed by atoms with Crippen LogP contribution in [-0.4, -0.2) is 26.2 Å². The van der Waals surface area contributed by atoms with Gasteiger partial charge in [0.05, 0.1) is 18.0 Å². The molecule has 110 valence electrons. The highest BCUT2D eigenvalue weighted by atomic mass is 32.1. The van der Waals surface area contributed by atoms with Gasteiger partial charge in [0.25, 0.3) is 0 Å². The highest BCUT2D eigenvalue weighted by Gasteiger charge is 2.12. The van der Waals surface area contributed by atoms with E-state index in [2.05, 4.69) is 15.4 Å². The molecule has 0 spiro atoms. The molecule has 1 aromatic carbocycles. The quantitative estimate of drug-likeness (QED) is 0.777. The summed E-state index contributed by atoms with van der Waals surface area (Å²) in [5, 5.41) is 17.8. The molecule has 0 aliphatic rings. The topological polar surface area (TPSA) is 62.5 Å². The summed E-state index contributed by atoms with van der Waals surface area (Å²) < 4.78 is 27.6. The summed E-state index contributed by atoms with van der Waals surface area (Å²) in [6.07, 6.45) is 0.834. The largest absolute Gasteiger partial charge is 0.387 e. The molecule has 3 rings (SSSR count). The van der Waals surface area contributed by atoms with Crippen LogP contribution in [-0.2, 0) is 0 Å². The van der Waals surface area contributed by atoms with Crippen LogP contribution in [0.15, 0.2) is 24.4 Å². The van der Waals surface area contributed by atoms with E-state index in [-0.39, 0.29) is 6.54 Å². The summed E-state index contributed by atoms with van der Waals surface area (Å²) >= 11 is 1.35. The Morgan fingerprint density at radius 3 is 2.90 bits per heavy atom. The Kier molecular flexibility index (Phi) is 3.56. The molecule has 0 aliphatic heterocycles. The molecule has 0 saturated carbocycles. The minimum atomic E-state index is -0.977. The monoisotopic (exact) mass is 310 g/mol. The molecule has 1 atom stereocenters. The van der Waals surface area contributed by atoms with Gasteiger partial charge in [0.15, 0.2) is 11.6 Å². The number of hydrogen-bond donors (Lipinski definition) is 2. The van der Waals surface area contributed by atoms with E-state index in [0.717, 1.165) is 22.8 Å². The van der Waals surface area contributed by atoms with Gasteiger partial charge in [-0.3, -0.25) is 0 Å². The number of nitrogens with one attached hydrogen (secondary N) is 1. The molecular formula is C13H12F2N4OS. The highest BCUT2D eigenvalue weighted by Crippen LogP contribution is 2.21. The van der Waals surface area contributed by atoms with Crippen molar-refractivity contribution in [2.75, 3.05) is 11.9 Å². The normalized spacial score (nSPS) is 12.8. The Morgan fingerprint density at radius 2 is 2.19 bits per heavy atom. The summed E-state index contributed by atoms with van der Waals surface area (Å²) in [5.41, 5.74) is 1.18. The first-order valence-electron chi connectivity index (χ1n) is 6.22.